The van der Waals surface area contributed by atoms with E-state index < -0.39 is 0 Å². The molecule has 1 heteroatoms. The Balaban J connectivity index is 4.07. The van der Waals surface area contributed by atoms with Crippen LogP contribution >= 0.6 is 0 Å². The van der Waals surface area contributed by atoms with Crippen molar-refractivity contribution in [2.75, 3.05) is 6.54 Å². The molecule has 56 valence electrons. The van der Waals surface area contributed by atoms with Gasteiger partial charge in [0.05, 0.1) is 0 Å². The predicted molar refractivity (Wildman–Crippen MR) is 45.7 cm³/mol. The predicted octanol–water partition coefficient (Wildman–Crippen LogP) is 1.87. The molecule has 0 saturated carbocycles. The molecule has 0 fully saturated rings. The van der Waals surface area contributed by atoms with Gasteiger partial charge >= 0.3 is 0 Å². The molecule has 0 amide bonds. The zero-order chi connectivity index (χ0) is 7.98. The summed E-state index contributed by atoms with van der Waals surface area (Å²) in [6.07, 6.45) is 2.70. The molecule has 2 N–H and O–H groups in total. The Hall–Kier alpha value is -0.780. The molecular weight excluding hydrogens is 122 g/mol. The van der Waals surface area contributed by atoms with Crippen LogP contribution in [0.5, 0.6) is 0 Å². The van der Waals surface area contributed by atoms with Gasteiger partial charge in [0.15, 0.2) is 0 Å². The van der Waals surface area contributed by atoms with Gasteiger partial charge in [0.1, 0.15) is 0 Å². The van der Waals surface area contributed by atoms with Crippen LogP contribution in [0, 0.1) is 5.92 Å². The molecule has 0 aromatic carbocycles. The van der Waals surface area contributed by atoms with Crippen molar-refractivity contribution < 1.29 is 0 Å². The minimum absolute atomic E-state index is 0.385. The number of allylic oxidation sites excluding steroid dienone is 1. The highest BCUT2D eigenvalue weighted by Gasteiger charge is 2.02. The zero-order valence-electron chi connectivity index (χ0n) is 6.56. The normalized spacial score (nSPS) is 11.8. The molecule has 0 radical (unpaired) electrons. The highest BCUT2D eigenvalue weighted by molar-refractivity contribution is 5.07. The maximum absolute atomic E-state index is 5.46. The first-order valence-electron chi connectivity index (χ1n) is 3.46. The van der Waals surface area contributed by atoms with Gasteiger partial charge < -0.3 is 5.73 Å². The molecule has 0 aromatic rings. The van der Waals surface area contributed by atoms with Crippen LogP contribution in [0.15, 0.2) is 30.5 Å². The molecule has 0 spiro atoms. The molecule has 0 aliphatic rings. The maximum atomic E-state index is 5.46. The van der Waals surface area contributed by atoms with Gasteiger partial charge in [-0.3, -0.25) is 0 Å². The van der Waals surface area contributed by atoms with Crippen molar-refractivity contribution in [2.24, 2.45) is 11.7 Å². The standard InChI is InChI=1S/C9H15N/c1-4-6-9(5-2)8(3)7-10/h4,8H,1-2,6-7,10H2,3H3. The van der Waals surface area contributed by atoms with Crippen LogP contribution in [0.2, 0.25) is 0 Å². The first kappa shape index (κ1) is 9.22. The van der Waals surface area contributed by atoms with E-state index in [1.165, 1.54) is 0 Å². The molecule has 0 aliphatic heterocycles. The molecule has 1 nitrogen and oxygen atoms in total. The van der Waals surface area contributed by atoms with E-state index in [0.29, 0.717) is 12.5 Å². The van der Waals surface area contributed by atoms with E-state index in [-0.39, 0.29) is 0 Å². The van der Waals surface area contributed by atoms with E-state index in [2.05, 4.69) is 25.8 Å². The summed E-state index contributed by atoms with van der Waals surface area (Å²) in [6.45, 7) is 9.94. The molecule has 0 heterocycles. The molecular formula is C9H15N. The highest BCUT2D eigenvalue weighted by Crippen LogP contribution is 2.11. The summed E-state index contributed by atoms with van der Waals surface area (Å²) in [5.74, 6) is 0.385. The van der Waals surface area contributed by atoms with Gasteiger partial charge in [0, 0.05) is 0 Å². The third-order valence-electron chi connectivity index (χ3n) is 1.54. The van der Waals surface area contributed by atoms with E-state index in [4.69, 9.17) is 5.73 Å². The summed E-state index contributed by atoms with van der Waals surface area (Å²) in [5, 5.41) is 0. The highest BCUT2D eigenvalue weighted by atomic mass is 14.5. The third-order valence-corrected chi connectivity index (χ3v) is 1.54. The lowest BCUT2D eigenvalue weighted by molar-refractivity contribution is 0.680. The molecule has 0 bridgehead atoms. The van der Waals surface area contributed by atoms with Gasteiger partial charge in [-0.2, -0.15) is 0 Å². The molecule has 1 atom stereocenters. The second-order valence-electron chi connectivity index (χ2n) is 2.33. The average Bonchev–Trinajstić information content (AvgIpc) is 1.99. The SMILES string of the molecule is C=C=C(CC=C)C(C)CN. The van der Waals surface area contributed by atoms with Gasteiger partial charge in [-0.15, -0.1) is 12.3 Å². The minimum Gasteiger partial charge on any atom is -0.330 e. The number of hydrogen-bond donors (Lipinski definition) is 1. The molecule has 0 aromatic heterocycles. The monoisotopic (exact) mass is 137 g/mol. The van der Waals surface area contributed by atoms with Crippen LogP contribution in [0.4, 0.5) is 0 Å². The van der Waals surface area contributed by atoms with Crippen molar-refractivity contribution in [2.45, 2.75) is 13.3 Å². The Morgan fingerprint density at radius 2 is 2.40 bits per heavy atom. The van der Waals surface area contributed by atoms with Crippen molar-refractivity contribution in [1.29, 1.82) is 0 Å². The number of hydrogen-bond acceptors (Lipinski definition) is 1. The van der Waals surface area contributed by atoms with Crippen LogP contribution in [0.3, 0.4) is 0 Å². The Labute approximate surface area is 62.9 Å². The van der Waals surface area contributed by atoms with E-state index in [1.54, 1.807) is 0 Å². The summed E-state index contributed by atoms with van der Waals surface area (Å²) in [6, 6.07) is 0. The van der Waals surface area contributed by atoms with Crippen LogP contribution in [-0.2, 0) is 0 Å². The molecule has 0 rings (SSSR count). The Bertz CT molecular complexity index is 152. The van der Waals surface area contributed by atoms with Crippen molar-refractivity contribution in [1.82, 2.24) is 0 Å². The van der Waals surface area contributed by atoms with E-state index >= 15 is 0 Å². The summed E-state index contributed by atoms with van der Waals surface area (Å²) in [7, 11) is 0. The lowest BCUT2D eigenvalue weighted by Gasteiger charge is -2.08. The summed E-state index contributed by atoms with van der Waals surface area (Å²) in [5.41, 5.74) is 9.48. The first-order chi connectivity index (χ1) is 4.76. The summed E-state index contributed by atoms with van der Waals surface area (Å²) >= 11 is 0. The van der Waals surface area contributed by atoms with E-state index in [1.807, 2.05) is 6.08 Å². The first-order valence-corrected chi connectivity index (χ1v) is 3.46. The van der Waals surface area contributed by atoms with Crippen LogP contribution in [0.25, 0.3) is 0 Å². The Morgan fingerprint density at radius 1 is 1.80 bits per heavy atom. The lowest BCUT2D eigenvalue weighted by atomic mass is 9.99. The molecule has 0 aliphatic carbocycles. The average molecular weight is 137 g/mol. The topological polar surface area (TPSA) is 26.0 Å². The Morgan fingerprint density at radius 3 is 2.70 bits per heavy atom. The number of nitrogens with two attached hydrogens (primary N) is 1. The van der Waals surface area contributed by atoms with E-state index in [0.717, 1.165) is 12.0 Å². The fourth-order valence-electron chi connectivity index (χ4n) is 0.745. The summed E-state index contributed by atoms with van der Waals surface area (Å²) < 4.78 is 0. The van der Waals surface area contributed by atoms with Gasteiger partial charge in [-0.05, 0) is 24.5 Å². The van der Waals surface area contributed by atoms with Crippen molar-refractivity contribution in [3.05, 3.63) is 30.5 Å². The van der Waals surface area contributed by atoms with Crippen molar-refractivity contribution >= 4 is 0 Å². The third kappa shape index (κ3) is 2.67. The van der Waals surface area contributed by atoms with Gasteiger partial charge in [-0.1, -0.05) is 19.6 Å². The van der Waals surface area contributed by atoms with Crippen LogP contribution in [0.1, 0.15) is 13.3 Å². The number of rotatable bonds is 4. The Kier molecular flexibility index (Phi) is 4.65. The van der Waals surface area contributed by atoms with Crippen LogP contribution < -0.4 is 5.73 Å². The fourth-order valence-corrected chi connectivity index (χ4v) is 0.745. The quantitative estimate of drug-likeness (QED) is 0.464. The minimum atomic E-state index is 0.385. The molecule has 0 saturated heterocycles. The molecule has 10 heavy (non-hydrogen) atoms. The van der Waals surface area contributed by atoms with Crippen LogP contribution in [-0.4, -0.2) is 6.54 Å². The van der Waals surface area contributed by atoms with Gasteiger partial charge in [0.2, 0.25) is 0 Å². The largest absolute Gasteiger partial charge is 0.330 e. The zero-order valence-corrected chi connectivity index (χ0v) is 6.56. The van der Waals surface area contributed by atoms with Crippen molar-refractivity contribution in [3.63, 3.8) is 0 Å². The maximum Gasteiger partial charge on any atom is -0.000789 e. The second-order valence-corrected chi connectivity index (χ2v) is 2.33. The summed E-state index contributed by atoms with van der Waals surface area (Å²) in [4.78, 5) is 0. The fraction of sp³-hybridized carbons (Fsp3) is 0.444. The lowest BCUT2D eigenvalue weighted by Crippen LogP contribution is -2.12. The van der Waals surface area contributed by atoms with E-state index in [9.17, 15) is 0 Å². The second kappa shape index (κ2) is 5.04. The smallest absolute Gasteiger partial charge is 0.000789 e. The molecule has 1 unspecified atom stereocenters. The van der Waals surface area contributed by atoms with Gasteiger partial charge in [0.25, 0.3) is 0 Å². The van der Waals surface area contributed by atoms with Crippen molar-refractivity contribution in [3.8, 4) is 0 Å². The van der Waals surface area contributed by atoms with Gasteiger partial charge in [-0.25, -0.2) is 0 Å².